The van der Waals surface area contributed by atoms with Crippen molar-refractivity contribution in [3.63, 3.8) is 0 Å². The Balaban J connectivity index is 2.14. The van der Waals surface area contributed by atoms with Crippen LogP contribution in [0.1, 0.15) is 22.3 Å². The number of aryl methyl sites for hydroxylation is 1. The van der Waals surface area contributed by atoms with Crippen molar-refractivity contribution >= 4 is 50.1 Å². The average molecular weight is 460 g/mol. The van der Waals surface area contributed by atoms with Crippen LogP contribution in [0.2, 0.25) is 0 Å². The Labute approximate surface area is 146 Å². The summed E-state index contributed by atoms with van der Waals surface area (Å²) in [6, 6.07) is 12.7. The van der Waals surface area contributed by atoms with Crippen LogP contribution in [0.25, 0.3) is 0 Å². The van der Waals surface area contributed by atoms with Gasteiger partial charge in [-0.2, -0.15) is 0 Å². The molecule has 1 amide bonds. The summed E-state index contributed by atoms with van der Waals surface area (Å²) in [5, 5.41) is 13.6. The summed E-state index contributed by atoms with van der Waals surface area (Å²) < 4.78 is 0.904. The van der Waals surface area contributed by atoms with E-state index in [0.29, 0.717) is 0 Å². The molecule has 2 aromatic rings. The summed E-state index contributed by atoms with van der Waals surface area (Å²) in [5.41, 5.74) is 2.21. The minimum Gasteiger partial charge on any atom is -0.507 e. The number of nitrogens with one attached hydrogen (secondary N) is 1. The van der Waals surface area contributed by atoms with Crippen LogP contribution >= 0.6 is 38.5 Å². The summed E-state index contributed by atoms with van der Waals surface area (Å²) >= 11 is 5.52. The Kier molecular flexibility index (Phi) is 6.05. The first-order chi connectivity index (χ1) is 10.1. The highest BCUT2D eigenvalue weighted by atomic mass is 127. The maximum absolute atomic E-state index is 12.2. The van der Waals surface area contributed by atoms with Gasteiger partial charge in [0.05, 0.1) is 5.56 Å². The number of rotatable bonds is 5. The Hall–Kier alpha value is -1.08. The Morgan fingerprint density at radius 3 is 2.81 bits per heavy atom. The quantitative estimate of drug-likeness (QED) is 0.508. The zero-order valence-corrected chi connectivity index (χ0v) is 15.0. The lowest BCUT2D eigenvalue weighted by atomic mass is 10.1. The van der Waals surface area contributed by atoms with Crippen LogP contribution in [0.5, 0.6) is 5.75 Å². The van der Waals surface area contributed by atoms with E-state index in [1.54, 1.807) is 12.1 Å². The van der Waals surface area contributed by atoms with E-state index in [-0.39, 0.29) is 17.2 Å². The molecule has 0 aliphatic carbocycles. The Morgan fingerprint density at radius 1 is 1.24 bits per heavy atom. The topological polar surface area (TPSA) is 49.3 Å². The monoisotopic (exact) mass is 459 g/mol. The van der Waals surface area contributed by atoms with Crippen molar-refractivity contribution in [3.05, 3.63) is 57.2 Å². The first kappa shape index (κ1) is 16.3. The molecule has 110 valence electrons. The van der Waals surface area contributed by atoms with Gasteiger partial charge in [-0.25, -0.2) is 0 Å². The molecule has 0 saturated carbocycles. The lowest BCUT2D eigenvalue weighted by Crippen LogP contribution is -2.12. The third-order valence-electron chi connectivity index (χ3n) is 2.99. The van der Waals surface area contributed by atoms with Gasteiger partial charge in [-0.05, 0) is 71.3 Å². The number of alkyl halides is 1. The molecule has 0 aliphatic rings. The van der Waals surface area contributed by atoms with Crippen LogP contribution in [0.3, 0.4) is 0 Å². The lowest BCUT2D eigenvalue weighted by molar-refractivity contribution is 0.102. The number of phenols is 1. The van der Waals surface area contributed by atoms with Gasteiger partial charge in [0.1, 0.15) is 5.75 Å². The molecule has 0 aromatic heterocycles. The first-order valence-electron chi connectivity index (χ1n) is 6.55. The van der Waals surface area contributed by atoms with Gasteiger partial charge in [-0.1, -0.05) is 28.1 Å². The summed E-state index contributed by atoms with van der Waals surface area (Å²) in [4.78, 5) is 12.2. The third kappa shape index (κ3) is 4.71. The van der Waals surface area contributed by atoms with Crippen LogP contribution in [-0.2, 0) is 6.42 Å². The zero-order valence-electron chi connectivity index (χ0n) is 11.3. The molecule has 0 bridgehead atoms. The Morgan fingerprint density at radius 2 is 2.05 bits per heavy atom. The second-order valence-electron chi connectivity index (χ2n) is 4.61. The molecule has 0 spiro atoms. The van der Waals surface area contributed by atoms with E-state index in [1.807, 2.05) is 24.3 Å². The molecule has 5 heteroatoms. The van der Waals surface area contributed by atoms with E-state index in [1.165, 1.54) is 11.6 Å². The molecule has 21 heavy (non-hydrogen) atoms. The van der Waals surface area contributed by atoms with Crippen molar-refractivity contribution in [2.75, 3.05) is 10.6 Å². The Bertz CT molecular complexity index is 646. The predicted molar refractivity (Wildman–Crippen MR) is 97.3 cm³/mol. The molecule has 0 atom stereocenters. The van der Waals surface area contributed by atoms with Gasteiger partial charge in [-0.15, -0.1) is 0 Å². The lowest BCUT2D eigenvalue weighted by Gasteiger charge is -2.09. The summed E-state index contributed by atoms with van der Waals surface area (Å²) in [5.74, 6) is -0.313. The molecule has 0 saturated heterocycles. The maximum Gasteiger partial charge on any atom is 0.259 e. The summed E-state index contributed by atoms with van der Waals surface area (Å²) in [7, 11) is 0. The van der Waals surface area contributed by atoms with Crippen molar-refractivity contribution < 1.29 is 9.90 Å². The number of halogens is 2. The van der Waals surface area contributed by atoms with Crippen LogP contribution in [0.4, 0.5) is 5.69 Å². The molecular formula is C16H15BrINO2. The molecule has 2 aromatic carbocycles. The molecule has 0 aliphatic heterocycles. The molecular weight excluding hydrogens is 445 g/mol. The van der Waals surface area contributed by atoms with Gasteiger partial charge in [0.2, 0.25) is 0 Å². The number of hydrogen-bond acceptors (Lipinski definition) is 2. The van der Waals surface area contributed by atoms with Crippen molar-refractivity contribution in [3.8, 4) is 5.75 Å². The third-order valence-corrected chi connectivity index (χ3v) is 4.22. The first-order valence-corrected chi connectivity index (χ1v) is 8.75. The molecule has 0 heterocycles. The maximum atomic E-state index is 12.2. The van der Waals surface area contributed by atoms with E-state index < -0.39 is 0 Å². The molecule has 3 nitrogen and oxygen atoms in total. The predicted octanol–water partition coefficient (Wildman–Crippen LogP) is 4.58. The van der Waals surface area contributed by atoms with E-state index >= 15 is 0 Å². The number of carbonyl (C=O) groups is 1. The van der Waals surface area contributed by atoms with E-state index in [0.717, 1.165) is 27.4 Å². The smallest absolute Gasteiger partial charge is 0.259 e. The molecule has 0 unspecified atom stereocenters. The van der Waals surface area contributed by atoms with Gasteiger partial charge in [0.15, 0.2) is 0 Å². The SMILES string of the molecule is O=C(Nc1cccc(CCCBr)c1)c1cc(I)ccc1O. The van der Waals surface area contributed by atoms with Crippen LogP contribution < -0.4 is 5.32 Å². The van der Waals surface area contributed by atoms with Gasteiger partial charge in [0, 0.05) is 14.6 Å². The fraction of sp³-hybridized carbons (Fsp3) is 0.188. The van der Waals surface area contributed by atoms with Gasteiger partial charge in [-0.3, -0.25) is 4.79 Å². The molecule has 0 radical (unpaired) electrons. The number of amides is 1. The van der Waals surface area contributed by atoms with Crippen molar-refractivity contribution in [2.45, 2.75) is 12.8 Å². The van der Waals surface area contributed by atoms with Gasteiger partial charge in [0.25, 0.3) is 5.91 Å². The number of benzene rings is 2. The number of hydrogen-bond donors (Lipinski definition) is 2. The normalized spacial score (nSPS) is 10.4. The zero-order chi connectivity index (χ0) is 15.2. The van der Waals surface area contributed by atoms with Crippen molar-refractivity contribution in [2.24, 2.45) is 0 Å². The van der Waals surface area contributed by atoms with Crippen molar-refractivity contribution in [1.29, 1.82) is 0 Å². The molecule has 0 fully saturated rings. The minimum atomic E-state index is -0.302. The fourth-order valence-corrected chi connectivity index (χ4v) is 2.74. The highest BCUT2D eigenvalue weighted by Crippen LogP contribution is 2.21. The standard InChI is InChI=1S/C16H15BrINO2/c17-8-2-4-11-3-1-5-13(9-11)19-16(21)14-10-12(18)6-7-15(14)20/h1,3,5-7,9-10,20H,2,4,8H2,(H,19,21). The average Bonchev–Trinajstić information content (AvgIpc) is 2.48. The van der Waals surface area contributed by atoms with Crippen LogP contribution in [0.15, 0.2) is 42.5 Å². The van der Waals surface area contributed by atoms with Crippen LogP contribution in [-0.4, -0.2) is 16.3 Å². The van der Waals surface area contributed by atoms with Crippen molar-refractivity contribution in [1.82, 2.24) is 0 Å². The number of anilines is 1. The molecule has 2 rings (SSSR count). The summed E-state index contributed by atoms with van der Waals surface area (Å²) in [6.07, 6.45) is 2.01. The number of phenolic OH excluding ortho intramolecular Hbond substituents is 1. The fourth-order valence-electron chi connectivity index (χ4n) is 1.96. The summed E-state index contributed by atoms with van der Waals surface area (Å²) in [6.45, 7) is 0. The highest BCUT2D eigenvalue weighted by molar-refractivity contribution is 14.1. The van der Waals surface area contributed by atoms with E-state index in [9.17, 15) is 9.90 Å². The number of aromatic hydroxyl groups is 1. The largest absolute Gasteiger partial charge is 0.507 e. The highest BCUT2D eigenvalue weighted by Gasteiger charge is 2.12. The minimum absolute atomic E-state index is 0.0108. The van der Waals surface area contributed by atoms with Gasteiger partial charge >= 0.3 is 0 Å². The second-order valence-corrected chi connectivity index (χ2v) is 6.65. The number of carbonyl (C=O) groups excluding carboxylic acids is 1. The van der Waals surface area contributed by atoms with E-state index in [4.69, 9.17) is 0 Å². The van der Waals surface area contributed by atoms with E-state index in [2.05, 4.69) is 43.8 Å². The molecule has 2 N–H and O–H groups in total. The van der Waals surface area contributed by atoms with Gasteiger partial charge < -0.3 is 10.4 Å². The van der Waals surface area contributed by atoms with Crippen LogP contribution in [0, 0.1) is 3.57 Å². The second kappa shape index (κ2) is 7.79.